The highest BCUT2D eigenvalue weighted by Gasteiger charge is 2.37. The van der Waals surface area contributed by atoms with Crippen molar-refractivity contribution in [3.8, 4) is 22.3 Å². The van der Waals surface area contributed by atoms with Gasteiger partial charge in [0.25, 0.3) is 0 Å². The molecular formula is C52H43N3. The second-order valence-electron chi connectivity index (χ2n) is 14.8. The first kappa shape index (κ1) is 34.0. The van der Waals surface area contributed by atoms with E-state index in [-0.39, 0.29) is 5.41 Å². The fourth-order valence-electron chi connectivity index (χ4n) is 8.10. The standard InChI is InChI=1S/C52H43N3/c1-52(2)50-36-46(54(42-18-10-5-11-19-42)43-20-12-6-13-21-43)32-34-48(50)49-35-33-47(37-51(49)52)55(44-22-14-7-15-23-44)45-30-26-39(27-31-45)38-24-28-41(29-25-38)53(3)40-16-8-4-9-17-40/h4-37H,1-3H3. The first-order chi connectivity index (χ1) is 27.0. The Bertz CT molecular complexity index is 2510. The van der Waals surface area contributed by atoms with Gasteiger partial charge in [-0.25, -0.2) is 0 Å². The van der Waals surface area contributed by atoms with Crippen LogP contribution in [0.2, 0.25) is 0 Å². The lowest BCUT2D eigenvalue weighted by molar-refractivity contribution is 0.660. The van der Waals surface area contributed by atoms with E-state index in [4.69, 9.17) is 0 Å². The molecule has 8 aromatic carbocycles. The van der Waals surface area contributed by atoms with E-state index in [0.717, 1.165) is 39.8 Å². The lowest BCUT2D eigenvalue weighted by Gasteiger charge is -2.29. The Morgan fingerprint density at radius 2 is 0.600 bits per heavy atom. The van der Waals surface area contributed by atoms with E-state index in [1.807, 2.05) is 0 Å². The zero-order valence-corrected chi connectivity index (χ0v) is 31.5. The van der Waals surface area contributed by atoms with Crippen molar-refractivity contribution in [2.24, 2.45) is 0 Å². The summed E-state index contributed by atoms with van der Waals surface area (Å²) in [6.07, 6.45) is 0. The molecule has 0 aliphatic heterocycles. The predicted octanol–water partition coefficient (Wildman–Crippen LogP) is 14.4. The summed E-state index contributed by atoms with van der Waals surface area (Å²) in [5.41, 5.74) is 16.6. The zero-order valence-electron chi connectivity index (χ0n) is 31.5. The van der Waals surface area contributed by atoms with Gasteiger partial charge in [-0.15, -0.1) is 0 Å². The molecule has 0 spiro atoms. The van der Waals surface area contributed by atoms with E-state index in [1.54, 1.807) is 0 Å². The fourth-order valence-corrected chi connectivity index (χ4v) is 8.10. The maximum atomic E-state index is 2.41. The number of fused-ring (bicyclic) bond motifs is 3. The zero-order chi connectivity index (χ0) is 37.4. The highest BCUT2D eigenvalue weighted by Crippen LogP contribution is 2.52. The Hall–Kier alpha value is -6.84. The monoisotopic (exact) mass is 709 g/mol. The molecule has 0 aromatic heterocycles. The number of rotatable bonds is 9. The fraction of sp³-hybridized carbons (Fsp3) is 0.0769. The van der Waals surface area contributed by atoms with Crippen LogP contribution in [0.4, 0.5) is 45.5 Å². The van der Waals surface area contributed by atoms with Crippen molar-refractivity contribution in [3.05, 3.63) is 217 Å². The van der Waals surface area contributed by atoms with Crippen molar-refractivity contribution in [3.63, 3.8) is 0 Å². The Balaban J connectivity index is 1.05. The number of anilines is 8. The number of nitrogens with zero attached hydrogens (tertiary/aromatic N) is 3. The quantitative estimate of drug-likeness (QED) is 0.148. The number of para-hydroxylation sites is 4. The molecule has 1 aliphatic carbocycles. The van der Waals surface area contributed by atoms with Crippen LogP contribution in [0.1, 0.15) is 25.0 Å². The first-order valence-electron chi connectivity index (χ1n) is 19.0. The molecule has 0 atom stereocenters. The van der Waals surface area contributed by atoms with Crippen LogP contribution in [0.15, 0.2) is 206 Å². The van der Waals surface area contributed by atoms with E-state index in [2.05, 4.69) is 242 Å². The summed E-state index contributed by atoms with van der Waals surface area (Å²) in [6, 6.07) is 74.2. The van der Waals surface area contributed by atoms with Crippen molar-refractivity contribution >= 4 is 45.5 Å². The molecule has 0 heterocycles. The van der Waals surface area contributed by atoms with Crippen LogP contribution in [-0.4, -0.2) is 7.05 Å². The smallest absolute Gasteiger partial charge is 0.0465 e. The van der Waals surface area contributed by atoms with Crippen molar-refractivity contribution in [2.45, 2.75) is 19.3 Å². The highest BCUT2D eigenvalue weighted by molar-refractivity contribution is 5.88. The molecule has 0 saturated carbocycles. The molecule has 3 heteroatoms. The van der Waals surface area contributed by atoms with Crippen LogP contribution in [0.5, 0.6) is 0 Å². The van der Waals surface area contributed by atoms with Gasteiger partial charge in [-0.3, -0.25) is 0 Å². The molecule has 0 radical (unpaired) electrons. The lowest BCUT2D eigenvalue weighted by Crippen LogP contribution is -2.17. The van der Waals surface area contributed by atoms with Gasteiger partial charge in [0.15, 0.2) is 0 Å². The van der Waals surface area contributed by atoms with Gasteiger partial charge in [-0.1, -0.05) is 123 Å². The van der Waals surface area contributed by atoms with E-state index < -0.39 is 0 Å². The van der Waals surface area contributed by atoms with E-state index in [9.17, 15) is 0 Å². The van der Waals surface area contributed by atoms with Crippen molar-refractivity contribution < 1.29 is 0 Å². The summed E-state index contributed by atoms with van der Waals surface area (Å²) in [6.45, 7) is 4.73. The van der Waals surface area contributed by atoms with Gasteiger partial charge in [0.05, 0.1) is 0 Å². The van der Waals surface area contributed by atoms with Crippen molar-refractivity contribution in [1.82, 2.24) is 0 Å². The van der Waals surface area contributed by atoms with Crippen molar-refractivity contribution in [2.75, 3.05) is 21.7 Å². The Morgan fingerprint density at radius 3 is 0.982 bits per heavy atom. The largest absolute Gasteiger partial charge is 0.345 e. The molecule has 3 nitrogen and oxygen atoms in total. The SMILES string of the molecule is CN(c1ccccc1)c1ccc(-c2ccc(N(c3ccccc3)c3ccc4c(c3)C(C)(C)c3cc(N(c5ccccc5)c5ccccc5)ccc3-4)cc2)cc1. The summed E-state index contributed by atoms with van der Waals surface area (Å²) < 4.78 is 0. The maximum absolute atomic E-state index is 2.41. The van der Waals surface area contributed by atoms with E-state index in [1.165, 1.54) is 39.1 Å². The second-order valence-corrected chi connectivity index (χ2v) is 14.8. The molecule has 1 aliphatic rings. The molecular weight excluding hydrogens is 667 g/mol. The minimum absolute atomic E-state index is 0.206. The predicted molar refractivity (Wildman–Crippen MR) is 233 cm³/mol. The van der Waals surface area contributed by atoms with Crippen LogP contribution in [0, 0.1) is 0 Å². The number of hydrogen-bond acceptors (Lipinski definition) is 3. The topological polar surface area (TPSA) is 9.72 Å². The minimum atomic E-state index is -0.206. The van der Waals surface area contributed by atoms with E-state index in [0.29, 0.717) is 0 Å². The average Bonchev–Trinajstić information content (AvgIpc) is 3.47. The summed E-state index contributed by atoms with van der Waals surface area (Å²) in [7, 11) is 2.11. The van der Waals surface area contributed by atoms with Gasteiger partial charge < -0.3 is 14.7 Å². The van der Waals surface area contributed by atoms with Gasteiger partial charge >= 0.3 is 0 Å². The number of hydrogen-bond donors (Lipinski definition) is 0. The van der Waals surface area contributed by atoms with Gasteiger partial charge in [0.1, 0.15) is 0 Å². The lowest BCUT2D eigenvalue weighted by atomic mass is 9.82. The van der Waals surface area contributed by atoms with Crippen LogP contribution < -0.4 is 14.7 Å². The summed E-state index contributed by atoms with van der Waals surface area (Å²) in [5.74, 6) is 0. The van der Waals surface area contributed by atoms with Crippen LogP contribution >= 0.6 is 0 Å². The molecule has 0 saturated heterocycles. The third-order valence-electron chi connectivity index (χ3n) is 11.1. The molecule has 8 aromatic rings. The van der Waals surface area contributed by atoms with Crippen LogP contribution in [0.25, 0.3) is 22.3 Å². The summed E-state index contributed by atoms with van der Waals surface area (Å²) >= 11 is 0. The maximum Gasteiger partial charge on any atom is 0.0465 e. The summed E-state index contributed by atoms with van der Waals surface area (Å²) in [4.78, 5) is 6.94. The molecule has 0 fully saturated rings. The summed E-state index contributed by atoms with van der Waals surface area (Å²) in [5, 5.41) is 0. The molecule has 0 unspecified atom stereocenters. The highest BCUT2D eigenvalue weighted by atomic mass is 15.1. The second kappa shape index (κ2) is 14.2. The van der Waals surface area contributed by atoms with Crippen LogP contribution in [-0.2, 0) is 5.41 Å². The molecule has 266 valence electrons. The van der Waals surface area contributed by atoms with Gasteiger partial charge in [0, 0.05) is 58.0 Å². The molecule has 55 heavy (non-hydrogen) atoms. The molecule has 0 amide bonds. The Morgan fingerprint density at radius 1 is 0.309 bits per heavy atom. The minimum Gasteiger partial charge on any atom is -0.345 e. The molecule has 0 N–H and O–H groups in total. The number of benzene rings is 8. The Kier molecular flexibility index (Phi) is 8.76. The third-order valence-corrected chi connectivity index (χ3v) is 11.1. The molecule has 0 bridgehead atoms. The van der Waals surface area contributed by atoms with Crippen molar-refractivity contribution in [1.29, 1.82) is 0 Å². The third kappa shape index (κ3) is 6.34. The van der Waals surface area contributed by atoms with Gasteiger partial charge in [-0.2, -0.15) is 0 Å². The average molecular weight is 710 g/mol. The Labute approximate surface area is 325 Å². The van der Waals surface area contributed by atoms with E-state index >= 15 is 0 Å². The van der Waals surface area contributed by atoms with Gasteiger partial charge in [0.2, 0.25) is 0 Å². The first-order valence-corrected chi connectivity index (χ1v) is 19.0. The van der Waals surface area contributed by atoms with Crippen LogP contribution in [0.3, 0.4) is 0 Å². The normalized spacial score (nSPS) is 12.4. The molecule has 9 rings (SSSR count). The van der Waals surface area contributed by atoms with Gasteiger partial charge in [-0.05, 0) is 130 Å².